The van der Waals surface area contributed by atoms with Crippen molar-refractivity contribution in [1.82, 2.24) is 10.2 Å². The third-order valence-corrected chi connectivity index (χ3v) is 4.87. The number of hydrogen-bond acceptors (Lipinski definition) is 2. The number of likely N-dealkylation sites (tertiary alicyclic amines) is 1. The van der Waals surface area contributed by atoms with Crippen LogP contribution < -0.4 is 5.32 Å². The minimum absolute atomic E-state index is 0.753. The van der Waals surface area contributed by atoms with Crippen molar-refractivity contribution in [2.75, 3.05) is 13.1 Å². The molecule has 0 bridgehead atoms. The molecule has 0 radical (unpaired) electrons. The van der Waals surface area contributed by atoms with Crippen molar-refractivity contribution in [2.24, 2.45) is 5.92 Å². The highest BCUT2D eigenvalue weighted by Gasteiger charge is 2.37. The van der Waals surface area contributed by atoms with E-state index < -0.39 is 0 Å². The smallest absolute Gasteiger partial charge is 0.0254 e. The molecule has 0 aromatic rings. The van der Waals surface area contributed by atoms with Gasteiger partial charge < -0.3 is 5.32 Å². The van der Waals surface area contributed by atoms with E-state index in [1.807, 2.05) is 0 Å². The van der Waals surface area contributed by atoms with Crippen LogP contribution in [0.2, 0.25) is 0 Å². The van der Waals surface area contributed by atoms with Gasteiger partial charge in [0.1, 0.15) is 0 Å². The Hall–Kier alpha value is -0.0800. The average Bonchev–Trinajstić information content (AvgIpc) is 2.79. The fourth-order valence-electron chi connectivity index (χ4n) is 3.95. The number of rotatable bonds is 4. The molecule has 1 aliphatic carbocycles. The van der Waals surface area contributed by atoms with Crippen molar-refractivity contribution in [1.29, 1.82) is 0 Å². The lowest BCUT2D eigenvalue weighted by Crippen LogP contribution is -2.54. The van der Waals surface area contributed by atoms with Crippen LogP contribution in [0.3, 0.4) is 0 Å². The van der Waals surface area contributed by atoms with Crippen molar-refractivity contribution in [3.8, 4) is 0 Å². The van der Waals surface area contributed by atoms with E-state index >= 15 is 0 Å². The van der Waals surface area contributed by atoms with Gasteiger partial charge in [0, 0.05) is 18.1 Å². The lowest BCUT2D eigenvalue weighted by Gasteiger charge is -2.43. The van der Waals surface area contributed by atoms with Gasteiger partial charge in [-0.2, -0.15) is 0 Å². The first-order chi connectivity index (χ1) is 8.26. The zero-order valence-electron chi connectivity index (χ0n) is 11.9. The van der Waals surface area contributed by atoms with Gasteiger partial charge in [0.2, 0.25) is 0 Å². The molecule has 17 heavy (non-hydrogen) atoms. The molecule has 1 heterocycles. The Labute approximate surface area is 107 Å². The van der Waals surface area contributed by atoms with Crippen LogP contribution in [-0.4, -0.2) is 36.1 Å². The average molecular weight is 238 g/mol. The molecule has 2 aliphatic rings. The zero-order valence-corrected chi connectivity index (χ0v) is 11.9. The van der Waals surface area contributed by atoms with Gasteiger partial charge in [-0.15, -0.1) is 0 Å². The lowest BCUT2D eigenvalue weighted by atomic mass is 9.82. The SMILES string of the molecule is CCNC1CCC(C)CC1N1CCCC1CC. The van der Waals surface area contributed by atoms with E-state index in [1.54, 1.807) is 0 Å². The van der Waals surface area contributed by atoms with Gasteiger partial charge in [-0.05, 0) is 57.5 Å². The Kier molecular flexibility index (Phi) is 4.87. The summed E-state index contributed by atoms with van der Waals surface area (Å²) in [6.07, 6.45) is 8.39. The number of hydrogen-bond donors (Lipinski definition) is 1. The van der Waals surface area contributed by atoms with Crippen LogP contribution in [0.4, 0.5) is 0 Å². The molecule has 2 nitrogen and oxygen atoms in total. The van der Waals surface area contributed by atoms with Crippen molar-refractivity contribution in [3.63, 3.8) is 0 Å². The molecule has 2 heteroatoms. The van der Waals surface area contributed by atoms with Crippen molar-refractivity contribution in [2.45, 2.75) is 77.4 Å². The summed E-state index contributed by atoms with van der Waals surface area (Å²) >= 11 is 0. The fourth-order valence-corrected chi connectivity index (χ4v) is 3.95. The van der Waals surface area contributed by atoms with Gasteiger partial charge in [-0.25, -0.2) is 0 Å². The van der Waals surface area contributed by atoms with Crippen LogP contribution in [0.1, 0.15) is 59.3 Å². The zero-order chi connectivity index (χ0) is 12.3. The van der Waals surface area contributed by atoms with Crippen LogP contribution in [0.25, 0.3) is 0 Å². The molecule has 0 aromatic carbocycles. The standard InChI is InChI=1S/C15H30N2/c1-4-13-7-6-10-17(13)15-11-12(3)8-9-14(15)16-5-2/h12-16H,4-11H2,1-3H3. The molecule has 2 fully saturated rings. The molecule has 0 spiro atoms. The van der Waals surface area contributed by atoms with Crippen LogP contribution in [0.15, 0.2) is 0 Å². The Balaban J connectivity index is 2.02. The van der Waals surface area contributed by atoms with E-state index in [9.17, 15) is 0 Å². The van der Waals surface area contributed by atoms with E-state index in [-0.39, 0.29) is 0 Å². The number of likely N-dealkylation sites (N-methyl/N-ethyl adjacent to an activating group) is 1. The van der Waals surface area contributed by atoms with Gasteiger partial charge in [0.05, 0.1) is 0 Å². The van der Waals surface area contributed by atoms with Gasteiger partial charge in [0.25, 0.3) is 0 Å². The second kappa shape index (κ2) is 6.19. The van der Waals surface area contributed by atoms with Crippen LogP contribution in [-0.2, 0) is 0 Å². The molecule has 0 amide bonds. The summed E-state index contributed by atoms with van der Waals surface area (Å²) < 4.78 is 0. The number of nitrogens with one attached hydrogen (secondary N) is 1. The summed E-state index contributed by atoms with van der Waals surface area (Å²) in [4.78, 5) is 2.84. The van der Waals surface area contributed by atoms with Gasteiger partial charge in [-0.1, -0.05) is 20.8 Å². The Bertz CT molecular complexity index is 229. The lowest BCUT2D eigenvalue weighted by molar-refractivity contribution is 0.0891. The quantitative estimate of drug-likeness (QED) is 0.810. The molecule has 100 valence electrons. The second-order valence-electron chi connectivity index (χ2n) is 6.09. The van der Waals surface area contributed by atoms with Crippen LogP contribution in [0, 0.1) is 5.92 Å². The maximum atomic E-state index is 3.73. The molecule has 4 atom stereocenters. The van der Waals surface area contributed by atoms with Crippen molar-refractivity contribution in [3.05, 3.63) is 0 Å². The first-order valence-electron chi connectivity index (χ1n) is 7.75. The second-order valence-corrected chi connectivity index (χ2v) is 6.09. The van der Waals surface area contributed by atoms with Crippen molar-refractivity contribution < 1.29 is 0 Å². The van der Waals surface area contributed by atoms with E-state index in [4.69, 9.17) is 0 Å². The summed E-state index contributed by atoms with van der Waals surface area (Å²) in [5, 5.41) is 3.73. The highest BCUT2D eigenvalue weighted by atomic mass is 15.2. The first-order valence-corrected chi connectivity index (χ1v) is 7.75. The van der Waals surface area contributed by atoms with Crippen molar-refractivity contribution >= 4 is 0 Å². The molecule has 4 unspecified atom stereocenters. The van der Waals surface area contributed by atoms with Gasteiger partial charge in [0.15, 0.2) is 0 Å². The summed E-state index contributed by atoms with van der Waals surface area (Å²) in [5.74, 6) is 0.924. The largest absolute Gasteiger partial charge is 0.313 e. The van der Waals surface area contributed by atoms with E-state index in [0.29, 0.717) is 0 Å². The molecular formula is C15H30N2. The number of nitrogens with zero attached hydrogens (tertiary/aromatic N) is 1. The highest BCUT2D eigenvalue weighted by molar-refractivity contribution is 4.94. The third kappa shape index (κ3) is 3.03. The summed E-state index contributed by atoms with van der Waals surface area (Å²) in [6, 6.07) is 2.43. The first kappa shape index (κ1) is 13.4. The summed E-state index contributed by atoms with van der Waals surface area (Å²) in [5.41, 5.74) is 0. The van der Waals surface area contributed by atoms with Gasteiger partial charge >= 0.3 is 0 Å². The fraction of sp³-hybridized carbons (Fsp3) is 1.00. The molecule has 2 rings (SSSR count). The highest BCUT2D eigenvalue weighted by Crippen LogP contribution is 2.33. The topological polar surface area (TPSA) is 15.3 Å². The van der Waals surface area contributed by atoms with Crippen LogP contribution in [0.5, 0.6) is 0 Å². The monoisotopic (exact) mass is 238 g/mol. The Morgan fingerprint density at radius 3 is 2.71 bits per heavy atom. The van der Waals surface area contributed by atoms with E-state index in [0.717, 1.165) is 30.6 Å². The Morgan fingerprint density at radius 1 is 1.18 bits per heavy atom. The minimum Gasteiger partial charge on any atom is -0.313 e. The minimum atomic E-state index is 0.753. The van der Waals surface area contributed by atoms with E-state index in [1.165, 1.54) is 45.1 Å². The predicted octanol–water partition coefficient (Wildman–Crippen LogP) is 3.03. The molecule has 1 aliphatic heterocycles. The van der Waals surface area contributed by atoms with E-state index in [2.05, 4.69) is 31.0 Å². The molecule has 1 saturated carbocycles. The summed E-state index contributed by atoms with van der Waals surface area (Å²) in [7, 11) is 0. The Morgan fingerprint density at radius 2 is 2.00 bits per heavy atom. The maximum Gasteiger partial charge on any atom is 0.0254 e. The molecule has 1 N–H and O–H groups in total. The maximum absolute atomic E-state index is 3.73. The summed E-state index contributed by atoms with van der Waals surface area (Å²) in [6.45, 7) is 9.51. The normalized spacial score (nSPS) is 39.7. The predicted molar refractivity (Wildman–Crippen MR) is 74.3 cm³/mol. The molecular weight excluding hydrogens is 208 g/mol. The third-order valence-electron chi connectivity index (χ3n) is 4.87. The molecule has 0 aromatic heterocycles. The van der Waals surface area contributed by atoms with Crippen LogP contribution >= 0.6 is 0 Å². The van der Waals surface area contributed by atoms with Gasteiger partial charge in [-0.3, -0.25) is 4.90 Å². The molecule has 1 saturated heterocycles.